The number of nitrogens with zero attached hydrogens (tertiary/aromatic N) is 1. The Hall–Kier alpha value is -2.35. The molecule has 0 saturated carbocycles. The molecule has 1 aromatic carbocycles. The lowest BCUT2D eigenvalue weighted by Crippen LogP contribution is -2.34. The number of hydroxylamine groups is 1. The van der Waals surface area contributed by atoms with Crippen LogP contribution in [-0.2, 0) is 4.79 Å². The lowest BCUT2D eigenvalue weighted by molar-refractivity contribution is -0.129. The van der Waals surface area contributed by atoms with Crippen LogP contribution in [0.2, 0.25) is 0 Å². The number of hydrogen-bond donors (Lipinski definition) is 2. The van der Waals surface area contributed by atoms with Crippen LogP contribution in [0.1, 0.15) is 27.1 Å². The highest BCUT2D eigenvalue weighted by Gasteiger charge is 2.40. The van der Waals surface area contributed by atoms with Crippen molar-refractivity contribution in [2.24, 2.45) is 0 Å². The summed E-state index contributed by atoms with van der Waals surface area (Å²) in [5, 5.41) is 8.29. The standard InChI is InChI=1S/C11H8F2N2O4/c12-5-1-2-6(13)9-8(5)10(17)15(11(9)18)4-3-7(16)14-19/h1-2,19H,3-4H2,(H,14,16). The first-order valence-electron chi connectivity index (χ1n) is 5.24. The molecule has 2 N–H and O–H groups in total. The maximum absolute atomic E-state index is 13.4. The Morgan fingerprint density at radius 3 is 2.05 bits per heavy atom. The normalized spacial score (nSPS) is 13.7. The Morgan fingerprint density at radius 2 is 1.63 bits per heavy atom. The van der Waals surface area contributed by atoms with E-state index < -0.39 is 40.5 Å². The Morgan fingerprint density at radius 1 is 1.16 bits per heavy atom. The largest absolute Gasteiger partial charge is 0.289 e. The first kappa shape index (κ1) is 13.1. The summed E-state index contributed by atoms with van der Waals surface area (Å²) in [6.45, 7) is -0.377. The second-order valence-electron chi connectivity index (χ2n) is 3.83. The highest BCUT2D eigenvalue weighted by atomic mass is 19.1. The van der Waals surface area contributed by atoms with Gasteiger partial charge >= 0.3 is 0 Å². The molecule has 2 rings (SSSR count). The maximum Gasteiger partial charge on any atom is 0.264 e. The van der Waals surface area contributed by atoms with Crippen LogP contribution in [0.15, 0.2) is 12.1 Å². The minimum absolute atomic E-state index is 0.370. The fraction of sp³-hybridized carbons (Fsp3) is 0.182. The number of hydrogen-bond acceptors (Lipinski definition) is 4. The summed E-state index contributed by atoms with van der Waals surface area (Å²) in [6.07, 6.45) is -0.370. The Labute approximate surface area is 105 Å². The predicted octanol–water partition coefficient (Wildman–Crippen LogP) is 0.456. The molecule has 1 aliphatic rings. The van der Waals surface area contributed by atoms with Gasteiger partial charge in [0, 0.05) is 13.0 Å². The number of carbonyl (C=O) groups excluding carboxylic acids is 3. The molecule has 1 heterocycles. The smallest absolute Gasteiger partial charge is 0.264 e. The molecule has 0 spiro atoms. The van der Waals surface area contributed by atoms with Crippen LogP contribution in [0, 0.1) is 11.6 Å². The minimum atomic E-state index is -0.997. The molecule has 100 valence electrons. The molecule has 0 saturated heterocycles. The van der Waals surface area contributed by atoms with Gasteiger partial charge in [0.25, 0.3) is 11.8 Å². The van der Waals surface area contributed by atoms with Crippen molar-refractivity contribution < 1.29 is 28.4 Å². The van der Waals surface area contributed by atoms with Gasteiger partial charge in [-0.1, -0.05) is 0 Å². The van der Waals surface area contributed by atoms with E-state index >= 15 is 0 Å². The Bertz CT molecular complexity index is 547. The molecule has 0 bridgehead atoms. The number of carbonyl (C=O) groups is 3. The Balaban J connectivity index is 2.32. The second-order valence-corrected chi connectivity index (χ2v) is 3.83. The zero-order valence-electron chi connectivity index (χ0n) is 9.44. The van der Waals surface area contributed by atoms with E-state index in [1.807, 2.05) is 0 Å². The van der Waals surface area contributed by atoms with E-state index in [-0.39, 0.29) is 13.0 Å². The van der Waals surface area contributed by atoms with Gasteiger partial charge < -0.3 is 0 Å². The van der Waals surface area contributed by atoms with Gasteiger partial charge in [0.2, 0.25) is 5.91 Å². The van der Waals surface area contributed by atoms with Crippen LogP contribution in [0.25, 0.3) is 0 Å². The van der Waals surface area contributed by atoms with Crippen molar-refractivity contribution in [1.82, 2.24) is 10.4 Å². The summed E-state index contributed by atoms with van der Waals surface area (Å²) in [5.74, 6) is -4.81. The number of amides is 3. The van der Waals surface area contributed by atoms with Gasteiger partial charge in [0.1, 0.15) is 11.6 Å². The zero-order chi connectivity index (χ0) is 14.2. The van der Waals surface area contributed by atoms with Crippen molar-refractivity contribution in [3.63, 3.8) is 0 Å². The third-order valence-electron chi connectivity index (χ3n) is 2.71. The van der Waals surface area contributed by atoms with Crippen LogP contribution >= 0.6 is 0 Å². The molecule has 19 heavy (non-hydrogen) atoms. The van der Waals surface area contributed by atoms with Crippen LogP contribution in [0.4, 0.5) is 8.78 Å². The van der Waals surface area contributed by atoms with Crippen LogP contribution in [0.5, 0.6) is 0 Å². The number of halogens is 2. The van der Waals surface area contributed by atoms with Gasteiger partial charge in [-0.3, -0.25) is 24.5 Å². The van der Waals surface area contributed by atoms with Gasteiger partial charge in [0.05, 0.1) is 11.1 Å². The predicted molar refractivity (Wildman–Crippen MR) is 56.3 cm³/mol. The molecule has 1 aromatic rings. The lowest BCUT2D eigenvalue weighted by Gasteiger charge is -2.12. The average Bonchev–Trinajstić information content (AvgIpc) is 2.64. The van der Waals surface area contributed by atoms with E-state index in [0.717, 1.165) is 12.1 Å². The maximum atomic E-state index is 13.4. The fourth-order valence-electron chi connectivity index (χ4n) is 1.80. The van der Waals surface area contributed by atoms with Crippen molar-refractivity contribution in [2.45, 2.75) is 6.42 Å². The molecule has 0 fully saturated rings. The van der Waals surface area contributed by atoms with Crippen molar-refractivity contribution in [3.05, 3.63) is 34.9 Å². The Kier molecular flexibility index (Phi) is 3.26. The van der Waals surface area contributed by atoms with Crippen molar-refractivity contribution in [2.75, 3.05) is 6.54 Å². The first-order chi connectivity index (χ1) is 8.97. The van der Waals surface area contributed by atoms with Crippen molar-refractivity contribution >= 4 is 17.7 Å². The van der Waals surface area contributed by atoms with Crippen LogP contribution in [0.3, 0.4) is 0 Å². The van der Waals surface area contributed by atoms with E-state index in [2.05, 4.69) is 0 Å². The van der Waals surface area contributed by atoms with Gasteiger partial charge in [-0.15, -0.1) is 0 Å². The first-order valence-corrected chi connectivity index (χ1v) is 5.24. The number of fused-ring (bicyclic) bond motifs is 1. The van der Waals surface area contributed by atoms with Gasteiger partial charge in [-0.05, 0) is 12.1 Å². The summed E-state index contributed by atoms with van der Waals surface area (Å²) < 4.78 is 26.9. The van der Waals surface area contributed by atoms with Gasteiger partial charge in [0.15, 0.2) is 0 Å². The van der Waals surface area contributed by atoms with Crippen LogP contribution < -0.4 is 5.48 Å². The van der Waals surface area contributed by atoms with E-state index in [9.17, 15) is 23.2 Å². The quantitative estimate of drug-likeness (QED) is 0.474. The fourth-order valence-corrected chi connectivity index (χ4v) is 1.80. The third-order valence-corrected chi connectivity index (χ3v) is 2.71. The average molecular weight is 270 g/mol. The second kappa shape index (κ2) is 4.73. The summed E-state index contributed by atoms with van der Waals surface area (Å²) >= 11 is 0. The molecule has 0 aromatic heterocycles. The number of rotatable bonds is 3. The van der Waals surface area contributed by atoms with Gasteiger partial charge in [-0.25, -0.2) is 14.3 Å². The molecular weight excluding hydrogens is 262 g/mol. The van der Waals surface area contributed by atoms with Crippen molar-refractivity contribution in [1.29, 1.82) is 0 Å². The third kappa shape index (κ3) is 2.06. The minimum Gasteiger partial charge on any atom is -0.289 e. The molecule has 0 atom stereocenters. The van der Waals surface area contributed by atoms with Gasteiger partial charge in [-0.2, -0.15) is 0 Å². The SMILES string of the molecule is O=C(CCN1C(=O)c2c(F)ccc(F)c2C1=O)NO. The lowest BCUT2D eigenvalue weighted by atomic mass is 10.1. The number of imide groups is 1. The highest BCUT2D eigenvalue weighted by Crippen LogP contribution is 2.27. The molecule has 1 aliphatic heterocycles. The van der Waals surface area contributed by atoms with Crippen molar-refractivity contribution in [3.8, 4) is 0 Å². The molecule has 8 heteroatoms. The van der Waals surface area contributed by atoms with E-state index in [4.69, 9.17) is 5.21 Å². The molecular formula is C11H8F2N2O4. The summed E-state index contributed by atoms with van der Waals surface area (Å²) in [4.78, 5) is 35.0. The molecule has 0 unspecified atom stereocenters. The highest BCUT2D eigenvalue weighted by molar-refractivity contribution is 6.21. The summed E-state index contributed by atoms with van der Waals surface area (Å²) in [7, 11) is 0. The summed E-state index contributed by atoms with van der Waals surface area (Å²) in [6, 6.07) is 1.51. The van der Waals surface area contributed by atoms with E-state index in [0.29, 0.717) is 4.90 Å². The molecule has 6 nitrogen and oxygen atoms in total. The van der Waals surface area contributed by atoms with E-state index in [1.54, 1.807) is 0 Å². The monoisotopic (exact) mass is 270 g/mol. The topological polar surface area (TPSA) is 86.7 Å². The number of nitrogens with one attached hydrogen (secondary N) is 1. The molecule has 3 amide bonds. The van der Waals surface area contributed by atoms with Crippen LogP contribution in [-0.4, -0.2) is 34.4 Å². The zero-order valence-corrected chi connectivity index (χ0v) is 9.44. The van der Waals surface area contributed by atoms with E-state index in [1.165, 1.54) is 5.48 Å². The molecule has 0 aliphatic carbocycles. The molecule has 0 radical (unpaired) electrons. The summed E-state index contributed by atoms with van der Waals surface area (Å²) in [5.41, 5.74) is 0.0658. The number of benzene rings is 1.